The highest BCUT2D eigenvalue weighted by molar-refractivity contribution is 7.92. The van der Waals surface area contributed by atoms with Crippen molar-refractivity contribution in [2.24, 2.45) is 0 Å². The third kappa shape index (κ3) is 5.38. The van der Waals surface area contributed by atoms with E-state index in [4.69, 9.17) is 16.7 Å². The zero-order chi connectivity index (χ0) is 20.7. The van der Waals surface area contributed by atoms with Crippen molar-refractivity contribution < 1.29 is 13.5 Å². The van der Waals surface area contributed by atoms with Crippen molar-refractivity contribution in [3.8, 4) is 0 Å². The van der Waals surface area contributed by atoms with Crippen LogP contribution in [0.4, 0.5) is 5.69 Å². The molecule has 0 radical (unpaired) electrons. The number of aliphatic hydroxyl groups excluding tert-OH is 1. The van der Waals surface area contributed by atoms with Gasteiger partial charge in [0.1, 0.15) is 0 Å². The van der Waals surface area contributed by atoms with Gasteiger partial charge >= 0.3 is 0 Å². The van der Waals surface area contributed by atoms with E-state index in [0.29, 0.717) is 10.7 Å². The van der Waals surface area contributed by atoms with Gasteiger partial charge in [-0.05, 0) is 66.8 Å². The van der Waals surface area contributed by atoms with Gasteiger partial charge in [0.15, 0.2) is 0 Å². The number of hydrogen-bond acceptors (Lipinski definition) is 3. The van der Waals surface area contributed by atoms with Crippen LogP contribution in [0.1, 0.15) is 24.0 Å². The second kappa shape index (κ2) is 9.92. The van der Waals surface area contributed by atoms with E-state index in [0.717, 1.165) is 30.4 Å². The van der Waals surface area contributed by atoms with Crippen molar-refractivity contribution >= 4 is 27.3 Å². The summed E-state index contributed by atoms with van der Waals surface area (Å²) in [5.41, 5.74) is 2.65. The van der Waals surface area contributed by atoms with Gasteiger partial charge in [0.05, 0.1) is 17.1 Å². The number of halogens is 1. The Morgan fingerprint density at radius 3 is 2.07 bits per heavy atom. The molecule has 0 fully saturated rings. The molecule has 0 aromatic heterocycles. The number of aryl methyl sites for hydroxylation is 1. The molecular weight excluding hydrogens is 406 g/mol. The van der Waals surface area contributed by atoms with E-state index in [-0.39, 0.29) is 18.0 Å². The maximum Gasteiger partial charge on any atom is 0.264 e. The average molecular weight is 430 g/mol. The normalized spacial score (nSPS) is 11.4. The lowest BCUT2D eigenvalue weighted by Crippen LogP contribution is -2.31. The molecule has 29 heavy (non-hydrogen) atoms. The summed E-state index contributed by atoms with van der Waals surface area (Å²) in [4.78, 5) is 0.198. The zero-order valence-electron chi connectivity index (χ0n) is 16.0. The second-order valence-electron chi connectivity index (χ2n) is 6.75. The Bertz CT molecular complexity index is 1020. The molecule has 152 valence electrons. The summed E-state index contributed by atoms with van der Waals surface area (Å²) in [5.74, 6) is 0. The van der Waals surface area contributed by atoms with Crippen LogP contribution in [0.3, 0.4) is 0 Å². The fourth-order valence-electron chi connectivity index (χ4n) is 3.18. The van der Waals surface area contributed by atoms with Crippen molar-refractivity contribution in [2.45, 2.75) is 30.7 Å². The highest BCUT2D eigenvalue weighted by Crippen LogP contribution is 2.27. The van der Waals surface area contributed by atoms with Crippen molar-refractivity contribution in [1.82, 2.24) is 0 Å². The van der Waals surface area contributed by atoms with Gasteiger partial charge in [-0.1, -0.05) is 54.1 Å². The molecule has 4 nitrogen and oxygen atoms in total. The van der Waals surface area contributed by atoms with Crippen LogP contribution in [0.2, 0.25) is 5.02 Å². The number of rotatable bonds is 9. The van der Waals surface area contributed by atoms with Gasteiger partial charge in [0, 0.05) is 11.6 Å². The summed E-state index contributed by atoms with van der Waals surface area (Å²) in [6.45, 7) is 0.382. The Morgan fingerprint density at radius 2 is 1.41 bits per heavy atom. The van der Waals surface area contributed by atoms with Crippen molar-refractivity contribution in [3.63, 3.8) is 0 Å². The van der Waals surface area contributed by atoms with Crippen LogP contribution >= 0.6 is 11.6 Å². The number of hydrogen-bond donors (Lipinski definition) is 1. The van der Waals surface area contributed by atoms with Crippen LogP contribution in [0, 0.1) is 0 Å². The van der Waals surface area contributed by atoms with Gasteiger partial charge in [-0.15, -0.1) is 0 Å². The van der Waals surface area contributed by atoms with Crippen LogP contribution in [-0.4, -0.2) is 20.1 Å². The summed E-state index contributed by atoms with van der Waals surface area (Å²) in [5, 5.41) is 9.55. The van der Waals surface area contributed by atoms with Gasteiger partial charge < -0.3 is 5.11 Å². The van der Waals surface area contributed by atoms with Crippen molar-refractivity contribution in [3.05, 3.63) is 95.0 Å². The molecule has 3 aromatic carbocycles. The van der Waals surface area contributed by atoms with E-state index in [2.05, 4.69) is 0 Å². The van der Waals surface area contributed by atoms with E-state index in [1.807, 2.05) is 42.5 Å². The number of nitrogens with zero attached hydrogens (tertiary/aromatic N) is 1. The largest absolute Gasteiger partial charge is 0.396 e. The molecule has 0 bridgehead atoms. The SMILES string of the molecule is O=S(=O)(c1ccc(Cl)cc1)N(Cc1ccccc1CCCCO)c1ccccc1. The number of aliphatic hydroxyl groups is 1. The molecule has 0 unspecified atom stereocenters. The zero-order valence-corrected chi connectivity index (χ0v) is 17.6. The Kier molecular flexibility index (Phi) is 7.31. The highest BCUT2D eigenvalue weighted by Gasteiger charge is 2.25. The molecule has 0 spiro atoms. The number of anilines is 1. The van der Waals surface area contributed by atoms with Crippen LogP contribution < -0.4 is 4.31 Å². The predicted octanol–water partition coefficient (Wildman–Crippen LogP) is 5.05. The van der Waals surface area contributed by atoms with E-state index < -0.39 is 10.0 Å². The molecule has 1 N–H and O–H groups in total. The van der Waals surface area contributed by atoms with Crippen LogP contribution in [0.5, 0.6) is 0 Å². The number of benzene rings is 3. The molecule has 0 atom stereocenters. The Hall–Kier alpha value is -2.34. The molecule has 3 aromatic rings. The van der Waals surface area contributed by atoms with Gasteiger partial charge in [-0.3, -0.25) is 4.31 Å². The lowest BCUT2D eigenvalue weighted by Gasteiger charge is -2.26. The highest BCUT2D eigenvalue weighted by atomic mass is 35.5. The summed E-state index contributed by atoms with van der Waals surface area (Å²) in [7, 11) is -3.78. The Balaban J connectivity index is 1.99. The molecule has 0 heterocycles. The summed E-state index contributed by atoms with van der Waals surface area (Å²) in [6.07, 6.45) is 2.36. The lowest BCUT2D eigenvalue weighted by atomic mass is 10.0. The third-order valence-corrected chi connectivity index (χ3v) is 6.77. The average Bonchev–Trinajstić information content (AvgIpc) is 2.74. The van der Waals surface area contributed by atoms with Crippen molar-refractivity contribution in [1.29, 1.82) is 0 Å². The third-order valence-electron chi connectivity index (χ3n) is 4.73. The predicted molar refractivity (Wildman–Crippen MR) is 118 cm³/mol. The Labute approximate surface area is 177 Å². The van der Waals surface area contributed by atoms with E-state index in [1.54, 1.807) is 24.3 Å². The second-order valence-corrected chi connectivity index (χ2v) is 9.05. The summed E-state index contributed by atoms with van der Waals surface area (Å²) in [6, 6.07) is 23.2. The molecule has 0 aliphatic heterocycles. The van der Waals surface area contributed by atoms with Gasteiger partial charge in [-0.2, -0.15) is 0 Å². The minimum Gasteiger partial charge on any atom is -0.396 e. The maximum absolute atomic E-state index is 13.5. The minimum atomic E-state index is -3.78. The first kappa shape index (κ1) is 21.4. The smallest absolute Gasteiger partial charge is 0.264 e. The molecule has 0 aliphatic rings. The van der Waals surface area contributed by atoms with Gasteiger partial charge in [0.25, 0.3) is 10.0 Å². The number of sulfonamides is 1. The fourth-order valence-corrected chi connectivity index (χ4v) is 4.75. The monoisotopic (exact) mass is 429 g/mol. The Morgan fingerprint density at radius 1 is 0.793 bits per heavy atom. The van der Waals surface area contributed by atoms with Crippen molar-refractivity contribution in [2.75, 3.05) is 10.9 Å². The number of para-hydroxylation sites is 1. The molecule has 0 saturated heterocycles. The van der Waals surface area contributed by atoms with E-state index in [9.17, 15) is 8.42 Å². The molecule has 0 aliphatic carbocycles. The molecule has 0 amide bonds. The lowest BCUT2D eigenvalue weighted by molar-refractivity contribution is 0.284. The molecule has 0 saturated carbocycles. The molecule has 3 rings (SSSR count). The van der Waals surface area contributed by atoms with Crippen LogP contribution in [0.15, 0.2) is 83.8 Å². The van der Waals surface area contributed by atoms with E-state index >= 15 is 0 Å². The maximum atomic E-state index is 13.5. The fraction of sp³-hybridized carbons (Fsp3) is 0.217. The molecular formula is C23H24ClNO3S. The van der Waals surface area contributed by atoms with Gasteiger partial charge in [0.2, 0.25) is 0 Å². The molecule has 6 heteroatoms. The number of unbranched alkanes of at least 4 members (excludes halogenated alkanes) is 1. The van der Waals surface area contributed by atoms with Crippen LogP contribution in [-0.2, 0) is 23.0 Å². The first-order valence-electron chi connectivity index (χ1n) is 9.53. The summed E-state index contributed by atoms with van der Waals surface area (Å²) >= 11 is 5.94. The minimum absolute atomic E-state index is 0.156. The van der Waals surface area contributed by atoms with Gasteiger partial charge in [-0.25, -0.2) is 8.42 Å². The van der Waals surface area contributed by atoms with E-state index in [1.165, 1.54) is 16.4 Å². The topological polar surface area (TPSA) is 57.6 Å². The first-order chi connectivity index (χ1) is 14.0. The summed E-state index contributed by atoms with van der Waals surface area (Å²) < 4.78 is 28.4. The van der Waals surface area contributed by atoms with Crippen LogP contribution in [0.25, 0.3) is 0 Å². The quantitative estimate of drug-likeness (QED) is 0.484. The standard InChI is InChI=1S/C23H24ClNO3S/c24-21-13-15-23(16-14-21)29(27,28)25(22-11-2-1-3-12-22)18-20-10-5-4-8-19(20)9-6-7-17-26/h1-5,8,10-16,26H,6-7,9,17-18H2. The first-order valence-corrected chi connectivity index (χ1v) is 11.3.